The summed E-state index contributed by atoms with van der Waals surface area (Å²) in [6.45, 7) is 4.00. The fourth-order valence-electron chi connectivity index (χ4n) is 3.34. The average molecular weight is 367 g/mol. The lowest BCUT2D eigenvalue weighted by atomic mass is 10.1. The van der Waals surface area contributed by atoms with Gasteiger partial charge in [0.05, 0.1) is 0 Å². The Hall–Kier alpha value is -2.53. The van der Waals surface area contributed by atoms with Crippen LogP contribution >= 0.6 is 0 Å². The molecule has 1 atom stereocenters. The van der Waals surface area contributed by atoms with Gasteiger partial charge in [-0.05, 0) is 30.5 Å². The minimum Gasteiger partial charge on any atom is -0.483 e. The Labute approximate surface area is 161 Å². The predicted octanol–water partition coefficient (Wildman–Crippen LogP) is 2.77. The van der Waals surface area contributed by atoms with Crippen LogP contribution in [0.5, 0.6) is 5.75 Å². The van der Waals surface area contributed by atoms with Crippen molar-refractivity contribution < 1.29 is 9.53 Å². The van der Waals surface area contributed by atoms with Crippen LogP contribution in [0, 0.1) is 5.92 Å². The number of likely N-dealkylation sites (N-methyl/N-ethyl adjacent to an activating group) is 1. The molecule has 144 valence electrons. The Morgan fingerprint density at radius 3 is 2.67 bits per heavy atom. The molecule has 27 heavy (non-hydrogen) atoms. The summed E-state index contributed by atoms with van der Waals surface area (Å²) in [7, 11) is 3.47. The van der Waals surface area contributed by atoms with E-state index in [0.29, 0.717) is 5.92 Å². The number of hydrogen-bond acceptors (Lipinski definition) is 4. The number of nitrogens with zero attached hydrogens (tertiary/aromatic N) is 2. The highest BCUT2D eigenvalue weighted by atomic mass is 16.5. The topological polar surface area (TPSA) is 44.8 Å². The van der Waals surface area contributed by atoms with Crippen LogP contribution in [-0.4, -0.2) is 51.1 Å². The molecule has 0 radical (unpaired) electrons. The van der Waals surface area contributed by atoms with Gasteiger partial charge in [-0.15, -0.1) is 0 Å². The molecule has 5 nitrogen and oxygen atoms in total. The molecule has 1 aliphatic rings. The van der Waals surface area contributed by atoms with E-state index >= 15 is 0 Å². The van der Waals surface area contributed by atoms with Crippen LogP contribution < -0.4 is 15.0 Å². The lowest BCUT2D eigenvalue weighted by molar-refractivity contribution is -0.130. The molecule has 2 aromatic rings. The zero-order valence-electron chi connectivity index (χ0n) is 16.2. The second kappa shape index (κ2) is 9.42. The van der Waals surface area contributed by atoms with E-state index in [9.17, 15) is 4.79 Å². The van der Waals surface area contributed by atoms with Crippen molar-refractivity contribution in [3.8, 4) is 5.75 Å². The van der Waals surface area contributed by atoms with Gasteiger partial charge < -0.3 is 19.9 Å². The molecule has 0 spiro atoms. The van der Waals surface area contributed by atoms with Crippen molar-refractivity contribution in [2.75, 3.05) is 45.2 Å². The second-order valence-corrected chi connectivity index (χ2v) is 7.25. The number of nitrogens with one attached hydrogen (secondary N) is 1. The SMILES string of the molecule is CN(C)C(=O)COc1ccccc1CNC[C@@H]1CCN(c2ccccc2)C1. The minimum atomic E-state index is -0.0373. The van der Waals surface area contributed by atoms with Gasteiger partial charge in [0, 0.05) is 51.5 Å². The summed E-state index contributed by atoms with van der Waals surface area (Å²) in [5.74, 6) is 1.39. The Balaban J connectivity index is 1.46. The molecule has 1 heterocycles. The van der Waals surface area contributed by atoms with E-state index in [0.717, 1.165) is 37.5 Å². The summed E-state index contributed by atoms with van der Waals surface area (Å²) in [4.78, 5) is 15.7. The molecule has 0 unspecified atom stereocenters. The van der Waals surface area contributed by atoms with Crippen molar-refractivity contribution in [1.82, 2.24) is 10.2 Å². The molecule has 1 aliphatic heterocycles. The first kappa shape index (κ1) is 19.2. The van der Waals surface area contributed by atoms with Gasteiger partial charge in [0.1, 0.15) is 5.75 Å². The van der Waals surface area contributed by atoms with Crippen molar-refractivity contribution in [1.29, 1.82) is 0 Å². The van der Waals surface area contributed by atoms with Gasteiger partial charge in [0.2, 0.25) is 0 Å². The summed E-state index contributed by atoms with van der Waals surface area (Å²) in [6, 6.07) is 18.5. The average Bonchev–Trinajstić information content (AvgIpc) is 3.16. The van der Waals surface area contributed by atoms with Crippen LogP contribution in [0.2, 0.25) is 0 Å². The number of hydrogen-bond donors (Lipinski definition) is 1. The molecule has 1 fully saturated rings. The third-order valence-corrected chi connectivity index (χ3v) is 4.98. The Morgan fingerprint density at radius 1 is 1.15 bits per heavy atom. The smallest absolute Gasteiger partial charge is 0.259 e. The lowest BCUT2D eigenvalue weighted by Crippen LogP contribution is -2.28. The van der Waals surface area contributed by atoms with E-state index in [1.54, 1.807) is 19.0 Å². The largest absolute Gasteiger partial charge is 0.483 e. The summed E-state index contributed by atoms with van der Waals surface area (Å²) in [5, 5.41) is 3.56. The first-order valence-corrected chi connectivity index (χ1v) is 9.55. The van der Waals surface area contributed by atoms with E-state index in [1.165, 1.54) is 12.1 Å². The number of carbonyl (C=O) groups is 1. The highest BCUT2D eigenvalue weighted by Gasteiger charge is 2.22. The second-order valence-electron chi connectivity index (χ2n) is 7.25. The number of rotatable bonds is 8. The highest BCUT2D eigenvalue weighted by molar-refractivity contribution is 5.77. The van der Waals surface area contributed by atoms with Crippen LogP contribution in [0.25, 0.3) is 0 Å². The standard InChI is InChI=1S/C22H29N3O2/c1-24(2)22(26)17-27-21-11-7-6-8-19(21)15-23-14-18-12-13-25(16-18)20-9-4-3-5-10-20/h3-11,18,23H,12-17H2,1-2H3/t18-/m0/s1. The van der Waals surface area contributed by atoms with Crippen LogP contribution in [-0.2, 0) is 11.3 Å². The highest BCUT2D eigenvalue weighted by Crippen LogP contribution is 2.23. The molecular weight excluding hydrogens is 338 g/mol. The molecule has 0 saturated carbocycles. The van der Waals surface area contributed by atoms with Crippen LogP contribution in [0.1, 0.15) is 12.0 Å². The Morgan fingerprint density at radius 2 is 1.89 bits per heavy atom. The van der Waals surface area contributed by atoms with Gasteiger partial charge >= 0.3 is 0 Å². The molecule has 1 amide bonds. The Bertz CT molecular complexity index is 733. The molecule has 0 aromatic heterocycles. The van der Waals surface area contributed by atoms with E-state index in [-0.39, 0.29) is 12.5 Å². The van der Waals surface area contributed by atoms with Crippen molar-refractivity contribution in [3.05, 3.63) is 60.2 Å². The zero-order valence-corrected chi connectivity index (χ0v) is 16.2. The molecule has 3 rings (SSSR count). The van der Waals surface area contributed by atoms with E-state index in [1.807, 2.05) is 24.3 Å². The summed E-state index contributed by atoms with van der Waals surface area (Å²) in [6.07, 6.45) is 1.21. The molecular formula is C22H29N3O2. The number of para-hydroxylation sites is 2. The maximum absolute atomic E-state index is 11.7. The van der Waals surface area contributed by atoms with E-state index in [2.05, 4.69) is 40.5 Å². The molecule has 0 bridgehead atoms. The van der Waals surface area contributed by atoms with Gasteiger partial charge in [0.25, 0.3) is 5.91 Å². The van der Waals surface area contributed by atoms with Gasteiger partial charge in [-0.1, -0.05) is 36.4 Å². The molecule has 5 heteroatoms. The van der Waals surface area contributed by atoms with Crippen LogP contribution in [0.4, 0.5) is 5.69 Å². The first-order valence-electron chi connectivity index (χ1n) is 9.55. The van der Waals surface area contributed by atoms with E-state index < -0.39 is 0 Å². The first-order chi connectivity index (χ1) is 13.1. The van der Waals surface area contributed by atoms with Crippen molar-refractivity contribution in [2.24, 2.45) is 5.92 Å². The summed E-state index contributed by atoms with van der Waals surface area (Å²) >= 11 is 0. The molecule has 2 aromatic carbocycles. The van der Waals surface area contributed by atoms with Gasteiger partial charge in [-0.2, -0.15) is 0 Å². The molecule has 0 aliphatic carbocycles. The zero-order chi connectivity index (χ0) is 19.1. The third-order valence-electron chi connectivity index (χ3n) is 4.98. The summed E-state index contributed by atoms with van der Waals surface area (Å²) in [5.41, 5.74) is 2.39. The monoisotopic (exact) mass is 367 g/mol. The molecule has 1 N–H and O–H groups in total. The van der Waals surface area contributed by atoms with Crippen molar-refractivity contribution in [2.45, 2.75) is 13.0 Å². The fourth-order valence-corrected chi connectivity index (χ4v) is 3.34. The van der Waals surface area contributed by atoms with Gasteiger partial charge in [0.15, 0.2) is 6.61 Å². The number of carbonyl (C=O) groups excluding carboxylic acids is 1. The van der Waals surface area contributed by atoms with Crippen molar-refractivity contribution >= 4 is 11.6 Å². The predicted molar refractivity (Wildman–Crippen MR) is 109 cm³/mol. The van der Waals surface area contributed by atoms with Crippen LogP contribution in [0.15, 0.2) is 54.6 Å². The van der Waals surface area contributed by atoms with E-state index in [4.69, 9.17) is 4.74 Å². The fraction of sp³-hybridized carbons (Fsp3) is 0.409. The number of anilines is 1. The minimum absolute atomic E-state index is 0.0373. The molecule has 1 saturated heterocycles. The number of benzene rings is 2. The summed E-state index contributed by atoms with van der Waals surface area (Å²) < 4.78 is 5.72. The maximum atomic E-state index is 11.7. The van der Waals surface area contributed by atoms with Gasteiger partial charge in [-0.25, -0.2) is 0 Å². The number of amides is 1. The Kier molecular flexibility index (Phi) is 6.71. The third kappa shape index (κ3) is 5.47. The lowest BCUT2D eigenvalue weighted by Gasteiger charge is -2.19. The maximum Gasteiger partial charge on any atom is 0.259 e. The normalized spacial score (nSPS) is 16.4. The van der Waals surface area contributed by atoms with Crippen molar-refractivity contribution in [3.63, 3.8) is 0 Å². The van der Waals surface area contributed by atoms with Gasteiger partial charge in [-0.3, -0.25) is 4.79 Å². The van der Waals surface area contributed by atoms with Crippen LogP contribution in [0.3, 0.4) is 0 Å². The number of ether oxygens (including phenoxy) is 1. The quantitative estimate of drug-likeness (QED) is 0.779.